The summed E-state index contributed by atoms with van der Waals surface area (Å²) < 4.78 is 5.45. The van der Waals surface area contributed by atoms with E-state index in [0.717, 1.165) is 27.8 Å². The number of nitrogens with one attached hydrogen (secondary N) is 1. The minimum absolute atomic E-state index is 0.132. The maximum absolute atomic E-state index is 12.3. The molecule has 1 amide bonds. The number of carbonyl (C=O) groups excluding carboxylic acids is 1. The third-order valence-electron chi connectivity index (χ3n) is 4.13. The monoisotopic (exact) mass is 374 g/mol. The number of nitrogens with zero attached hydrogens (tertiary/aromatic N) is 1. The van der Waals surface area contributed by atoms with Crippen molar-refractivity contribution in [1.29, 1.82) is 0 Å². The van der Waals surface area contributed by atoms with Crippen molar-refractivity contribution in [1.82, 2.24) is 5.32 Å². The van der Waals surface area contributed by atoms with Crippen LogP contribution in [0.1, 0.15) is 12.5 Å². The van der Waals surface area contributed by atoms with E-state index in [1.807, 2.05) is 67.6 Å². The van der Waals surface area contributed by atoms with E-state index in [9.17, 15) is 4.79 Å². The molecular weight excluding hydrogens is 356 g/mol. The van der Waals surface area contributed by atoms with Gasteiger partial charge in [0.05, 0.1) is 17.2 Å². The lowest BCUT2D eigenvalue weighted by atomic mass is 10.1. The highest BCUT2D eigenvalue weighted by atomic mass is 32.2. The van der Waals surface area contributed by atoms with Crippen LogP contribution < -0.4 is 10.1 Å². The predicted molar refractivity (Wildman–Crippen MR) is 112 cm³/mol. The SMILES string of the molecule is CCOc1ccc(/C=C2\SC(=Nc3cccc4ccccc34)NC2=O)cc1. The van der Waals surface area contributed by atoms with Crippen LogP contribution in [0.3, 0.4) is 0 Å². The van der Waals surface area contributed by atoms with Gasteiger partial charge in [-0.15, -0.1) is 0 Å². The van der Waals surface area contributed by atoms with Crippen LogP contribution in [0.4, 0.5) is 5.69 Å². The minimum atomic E-state index is -0.132. The highest BCUT2D eigenvalue weighted by Gasteiger charge is 2.24. The van der Waals surface area contributed by atoms with Crippen molar-refractivity contribution in [3.8, 4) is 5.75 Å². The molecule has 4 rings (SSSR count). The first-order chi connectivity index (χ1) is 13.2. The molecule has 1 aliphatic rings. The van der Waals surface area contributed by atoms with Crippen LogP contribution in [-0.2, 0) is 4.79 Å². The number of fused-ring (bicyclic) bond motifs is 1. The van der Waals surface area contributed by atoms with E-state index in [2.05, 4.69) is 22.4 Å². The van der Waals surface area contributed by atoms with Crippen molar-refractivity contribution >= 4 is 45.4 Å². The van der Waals surface area contributed by atoms with Gasteiger partial charge in [-0.2, -0.15) is 0 Å². The van der Waals surface area contributed by atoms with Crippen LogP contribution in [0.15, 0.2) is 76.6 Å². The topological polar surface area (TPSA) is 50.7 Å². The van der Waals surface area contributed by atoms with Crippen LogP contribution in [0, 0.1) is 0 Å². The first kappa shape index (κ1) is 17.4. The molecule has 1 N–H and O–H groups in total. The Morgan fingerprint density at radius 3 is 2.63 bits per heavy atom. The Morgan fingerprint density at radius 1 is 1.04 bits per heavy atom. The first-order valence-corrected chi connectivity index (χ1v) is 9.55. The summed E-state index contributed by atoms with van der Waals surface area (Å²) in [7, 11) is 0. The normalized spacial score (nSPS) is 16.9. The van der Waals surface area contributed by atoms with E-state index < -0.39 is 0 Å². The molecule has 1 fully saturated rings. The fourth-order valence-electron chi connectivity index (χ4n) is 2.87. The summed E-state index contributed by atoms with van der Waals surface area (Å²) in [6.07, 6.45) is 1.86. The number of amidine groups is 1. The fourth-order valence-corrected chi connectivity index (χ4v) is 3.71. The zero-order chi connectivity index (χ0) is 18.6. The van der Waals surface area contributed by atoms with E-state index >= 15 is 0 Å². The standard InChI is InChI=1S/C22H18N2O2S/c1-2-26-17-12-10-15(11-13-17)14-20-21(25)24-22(27-20)23-19-9-5-7-16-6-3-4-8-18(16)19/h3-14H,2H2,1H3,(H,23,24,25)/b20-14-. The maximum atomic E-state index is 12.3. The van der Waals surface area contributed by atoms with Crippen molar-refractivity contribution in [2.24, 2.45) is 4.99 Å². The van der Waals surface area contributed by atoms with Crippen molar-refractivity contribution in [2.75, 3.05) is 6.61 Å². The molecule has 3 aromatic carbocycles. The van der Waals surface area contributed by atoms with Gasteiger partial charge in [-0.25, -0.2) is 4.99 Å². The molecule has 1 aliphatic heterocycles. The van der Waals surface area contributed by atoms with Gasteiger partial charge in [0.25, 0.3) is 5.91 Å². The lowest BCUT2D eigenvalue weighted by molar-refractivity contribution is -0.115. The van der Waals surface area contributed by atoms with Crippen LogP contribution in [0.25, 0.3) is 16.8 Å². The van der Waals surface area contributed by atoms with Gasteiger partial charge in [0.1, 0.15) is 5.75 Å². The molecule has 4 nitrogen and oxygen atoms in total. The van der Waals surface area contributed by atoms with Crippen molar-refractivity contribution < 1.29 is 9.53 Å². The summed E-state index contributed by atoms with van der Waals surface area (Å²) in [4.78, 5) is 17.6. The second-order valence-electron chi connectivity index (χ2n) is 5.98. The molecule has 0 unspecified atom stereocenters. The molecule has 27 heavy (non-hydrogen) atoms. The number of ether oxygens (including phenoxy) is 1. The van der Waals surface area contributed by atoms with E-state index in [0.29, 0.717) is 16.7 Å². The Kier molecular flexibility index (Phi) is 4.94. The van der Waals surface area contributed by atoms with Gasteiger partial charge in [-0.3, -0.25) is 4.79 Å². The summed E-state index contributed by atoms with van der Waals surface area (Å²) in [5.74, 6) is 0.689. The van der Waals surface area contributed by atoms with Gasteiger partial charge < -0.3 is 10.1 Å². The maximum Gasteiger partial charge on any atom is 0.264 e. The molecule has 0 aliphatic carbocycles. The van der Waals surface area contributed by atoms with Crippen molar-refractivity contribution in [3.63, 3.8) is 0 Å². The molecule has 0 atom stereocenters. The average Bonchev–Trinajstić information content (AvgIpc) is 3.03. The molecule has 0 aromatic heterocycles. The lowest BCUT2D eigenvalue weighted by Crippen LogP contribution is -2.19. The number of thioether (sulfide) groups is 1. The molecule has 1 saturated heterocycles. The molecule has 0 bridgehead atoms. The number of carbonyl (C=O) groups is 1. The van der Waals surface area contributed by atoms with Gasteiger partial charge >= 0.3 is 0 Å². The number of hydrogen-bond donors (Lipinski definition) is 1. The molecular formula is C22H18N2O2S. The number of hydrogen-bond acceptors (Lipinski definition) is 4. The van der Waals surface area contributed by atoms with Crippen molar-refractivity contribution in [3.05, 3.63) is 77.2 Å². The highest BCUT2D eigenvalue weighted by molar-refractivity contribution is 8.18. The highest BCUT2D eigenvalue weighted by Crippen LogP contribution is 2.31. The Balaban J connectivity index is 1.59. The molecule has 0 radical (unpaired) electrons. The number of rotatable bonds is 4. The van der Waals surface area contributed by atoms with E-state index in [1.54, 1.807) is 0 Å². The molecule has 3 aromatic rings. The molecule has 134 valence electrons. The molecule has 0 spiro atoms. The Hall–Kier alpha value is -3.05. The molecule has 5 heteroatoms. The van der Waals surface area contributed by atoms with Crippen LogP contribution in [-0.4, -0.2) is 17.7 Å². The predicted octanol–water partition coefficient (Wildman–Crippen LogP) is 5.13. The van der Waals surface area contributed by atoms with Crippen LogP contribution in [0.5, 0.6) is 5.75 Å². The van der Waals surface area contributed by atoms with Gasteiger partial charge in [-0.1, -0.05) is 48.5 Å². The second kappa shape index (κ2) is 7.68. The first-order valence-electron chi connectivity index (χ1n) is 8.73. The fraction of sp³-hybridized carbons (Fsp3) is 0.0909. The van der Waals surface area contributed by atoms with E-state index in [4.69, 9.17) is 4.74 Å². The summed E-state index contributed by atoms with van der Waals surface area (Å²) in [5, 5.41) is 5.63. The van der Waals surface area contributed by atoms with Crippen molar-refractivity contribution in [2.45, 2.75) is 6.92 Å². The lowest BCUT2D eigenvalue weighted by Gasteiger charge is -2.02. The van der Waals surface area contributed by atoms with E-state index in [1.165, 1.54) is 11.8 Å². The second-order valence-corrected chi connectivity index (χ2v) is 7.01. The summed E-state index contributed by atoms with van der Waals surface area (Å²) in [6.45, 7) is 2.58. The number of aliphatic imine (C=N–C) groups is 1. The van der Waals surface area contributed by atoms with Gasteiger partial charge in [0, 0.05) is 5.39 Å². The summed E-state index contributed by atoms with van der Waals surface area (Å²) in [6, 6.07) is 21.7. The summed E-state index contributed by atoms with van der Waals surface area (Å²) >= 11 is 1.35. The van der Waals surface area contributed by atoms with E-state index in [-0.39, 0.29) is 5.91 Å². The summed E-state index contributed by atoms with van der Waals surface area (Å²) in [5.41, 5.74) is 1.79. The average molecular weight is 374 g/mol. The molecule has 1 heterocycles. The quantitative estimate of drug-likeness (QED) is 0.644. The van der Waals surface area contributed by atoms with Gasteiger partial charge in [0.15, 0.2) is 5.17 Å². The number of amides is 1. The Bertz CT molecular complexity index is 1050. The minimum Gasteiger partial charge on any atom is -0.494 e. The Labute approximate surface area is 162 Å². The smallest absolute Gasteiger partial charge is 0.264 e. The zero-order valence-corrected chi connectivity index (χ0v) is 15.6. The third kappa shape index (κ3) is 3.88. The Morgan fingerprint density at radius 2 is 1.81 bits per heavy atom. The van der Waals surface area contributed by atoms with Gasteiger partial charge in [0.2, 0.25) is 0 Å². The van der Waals surface area contributed by atoms with Gasteiger partial charge in [-0.05, 0) is 53.9 Å². The largest absolute Gasteiger partial charge is 0.494 e. The van der Waals surface area contributed by atoms with Crippen LogP contribution >= 0.6 is 11.8 Å². The number of benzene rings is 3. The zero-order valence-electron chi connectivity index (χ0n) is 14.8. The third-order valence-corrected chi connectivity index (χ3v) is 5.04. The molecule has 0 saturated carbocycles. The van der Waals surface area contributed by atoms with Crippen LogP contribution in [0.2, 0.25) is 0 Å².